The van der Waals surface area contributed by atoms with Gasteiger partial charge in [-0.25, -0.2) is 14.8 Å². The quantitative estimate of drug-likeness (QED) is 0.742. The number of ether oxygens (including phenoxy) is 1. The summed E-state index contributed by atoms with van der Waals surface area (Å²) in [5.74, 6) is -0.0794. The summed E-state index contributed by atoms with van der Waals surface area (Å²) in [6, 6.07) is 3.35. The van der Waals surface area contributed by atoms with E-state index in [0.717, 1.165) is 0 Å². The predicted octanol–water partition coefficient (Wildman–Crippen LogP) is 1.15. The summed E-state index contributed by atoms with van der Waals surface area (Å²) in [5.41, 5.74) is 1.04. The Morgan fingerprint density at radius 3 is 2.76 bits per heavy atom. The van der Waals surface area contributed by atoms with Gasteiger partial charge in [0.05, 0.1) is 12.3 Å². The molecule has 0 aliphatic rings. The number of esters is 1. The fourth-order valence-electron chi connectivity index (χ4n) is 1.40. The van der Waals surface area contributed by atoms with E-state index >= 15 is 0 Å². The SMILES string of the molecule is CCOC(=O)c1cc(C)nn1-c1ncccn1. The Hall–Kier alpha value is -2.24. The molecule has 2 heterocycles. The molecule has 2 aromatic heterocycles. The fraction of sp³-hybridized carbons (Fsp3) is 0.273. The van der Waals surface area contributed by atoms with Crippen LogP contribution in [0.15, 0.2) is 24.5 Å². The summed E-state index contributed by atoms with van der Waals surface area (Å²) < 4.78 is 6.33. The second-order valence-electron chi connectivity index (χ2n) is 3.35. The number of carbonyl (C=O) groups excluding carboxylic acids is 1. The Bertz CT molecular complexity index is 522. The molecule has 0 fully saturated rings. The van der Waals surface area contributed by atoms with Crippen LogP contribution in [-0.2, 0) is 4.74 Å². The molecule has 0 spiro atoms. The first-order chi connectivity index (χ1) is 8.22. The largest absolute Gasteiger partial charge is 0.461 e. The van der Waals surface area contributed by atoms with Crippen molar-refractivity contribution in [2.45, 2.75) is 13.8 Å². The van der Waals surface area contributed by atoms with Gasteiger partial charge in [-0.3, -0.25) is 0 Å². The molecular weight excluding hydrogens is 220 g/mol. The number of aryl methyl sites for hydroxylation is 1. The minimum Gasteiger partial charge on any atom is -0.461 e. The van der Waals surface area contributed by atoms with Crippen molar-refractivity contribution in [2.75, 3.05) is 6.61 Å². The fourth-order valence-corrected chi connectivity index (χ4v) is 1.40. The van der Waals surface area contributed by atoms with E-state index in [1.165, 1.54) is 4.68 Å². The minimum absolute atomic E-state index is 0.318. The number of aromatic nitrogens is 4. The van der Waals surface area contributed by atoms with E-state index < -0.39 is 5.97 Å². The average Bonchev–Trinajstić information content (AvgIpc) is 2.73. The Morgan fingerprint density at radius 1 is 1.41 bits per heavy atom. The number of hydrogen-bond donors (Lipinski definition) is 0. The lowest BCUT2D eigenvalue weighted by atomic mass is 10.4. The number of nitrogens with zero attached hydrogens (tertiary/aromatic N) is 4. The topological polar surface area (TPSA) is 69.9 Å². The smallest absolute Gasteiger partial charge is 0.357 e. The van der Waals surface area contributed by atoms with Crippen molar-refractivity contribution in [2.24, 2.45) is 0 Å². The summed E-state index contributed by atoms with van der Waals surface area (Å²) >= 11 is 0. The van der Waals surface area contributed by atoms with Crippen LogP contribution >= 0.6 is 0 Å². The first-order valence-electron chi connectivity index (χ1n) is 5.23. The van der Waals surface area contributed by atoms with Gasteiger partial charge in [0.15, 0.2) is 5.69 Å². The summed E-state index contributed by atoms with van der Waals surface area (Å²) in [5, 5.41) is 4.18. The zero-order valence-electron chi connectivity index (χ0n) is 9.62. The summed E-state index contributed by atoms with van der Waals surface area (Å²) in [7, 11) is 0. The van der Waals surface area contributed by atoms with Gasteiger partial charge >= 0.3 is 5.97 Å². The molecule has 6 nitrogen and oxygen atoms in total. The third kappa shape index (κ3) is 2.30. The van der Waals surface area contributed by atoms with E-state index in [-0.39, 0.29) is 0 Å². The van der Waals surface area contributed by atoms with Crippen LogP contribution in [0.25, 0.3) is 5.95 Å². The molecule has 0 aliphatic carbocycles. The lowest BCUT2D eigenvalue weighted by Gasteiger charge is -2.04. The van der Waals surface area contributed by atoms with Crippen LogP contribution in [0.1, 0.15) is 23.1 Å². The van der Waals surface area contributed by atoms with Crippen LogP contribution < -0.4 is 0 Å². The van der Waals surface area contributed by atoms with Gasteiger partial charge in [-0.1, -0.05) is 0 Å². The molecule has 0 saturated carbocycles. The maximum absolute atomic E-state index is 11.7. The molecular formula is C11H12N4O2. The summed E-state index contributed by atoms with van der Waals surface area (Å²) in [4.78, 5) is 19.8. The van der Waals surface area contributed by atoms with Gasteiger partial charge in [0.1, 0.15) is 0 Å². The highest BCUT2D eigenvalue weighted by atomic mass is 16.5. The van der Waals surface area contributed by atoms with E-state index in [2.05, 4.69) is 15.1 Å². The Morgan fingerprint density at radius 2 is 2.12 bits per heavy atom. The molecule has 6 heteroatoms. The highest BCUT2D eigenvalue weighted by molar-refractivity contribution is 5.88. The molecule has 0 unspecified atom stereocenters. The molecule has 0 saturated heterocycles. The van der Waals surface area contributed by atoms with Gasteiger partial charge in [0.25, 0.3) is 5.95 Å². The van der Waals surface area contributed by atoms with Gasteiger partial charge in [-0.15, -0.1) is 0 Å². The Balaban J connectivity index is 2.44. The first kappa shape index (κ1) is 11.3. The lowest BCUT2D eigenvalue weighted by Crippen LogP contribution is -2.13. The minimum atomic E-state index is -0.430. The number of rotatable bonds is 3. The highest BCUT2D eigenvalue weighted by Gasteiger charge is 2.17. The van der Waals surface area contributed by atoms with Crippen LogP contribution in [0.5, 0.6) is 0 Å². The second kappa shape index (κ2) is 4.73. The van der Waals surface area contributed by atoms with E-state index in [1.807, 2.05) is 0 Å². The van der Waals surface area contributed by atoms with Gasteiger partial charge < -0.3 is 4.74 Å². The zero-order chi connectivity index (χ0) is 12.3. The van der Waals surface area contributed by atoms with Crippen molar-refractivity contribution in [1.29, 1.82) is 0 Å². The normalized spacial score (nSPS) is 10.2. The van der Waals surface area contributed by atoms with Crippen molar-refractivity contribution < 1.29 is 9.53 Å². The van der Waals surface area contributed by atoms with Gasteiger partial charge in [0, 0.05) is 12.4 Å². The third-order valence-corrected chi connectivity index (χ3v) is 2.06. The standard InChI is InChI=1S/C11H12N4O2/c1-3-17-10(16)9-7-8(2)14-15(9)11-12-5-4-6-13-11/h4-7H,3H2,1-2H3. The third-order valence-electron chi connectivity index (χ3n) is 2.06. The molecule has 0 atom stereocenters. The Kier molecular flexibility index (Phi) is 3.13. The maximum atomic E-state index is 11.7. The van der Waals surface area contributed by atoms with Crippen LogP contribution in [0.4, 0.5) is 0 Å². The van der Waals surface area contributed by atoms with Crippen molar-refractivity contribution in [3.63, 3.8) is 0 Å². The van der Waals surface area contributed by atoms with Crippen molar-refractivity contribution in [3.05, 3.63) is 35.9 Å². The molecule has 0 aromatic carbocycles. The van der Waals surface area contributed by atoms with Gasteiger partial charge in [-0.05, 0) is 26.0 Å². The number of hydrogen-bond acceptors (Lipinski definition) is 5. The average molecular weight is 232 g/mol. The predicted molar refractivity (Wildman–Crippen MR) is 59.8 cm³/mol. The van der Waals surface area contributed by atoms with Crippen molar-refractivity contribution in [1.82, 2.24) is 19.7 Å². The van der Waals surface area contributed by atoms with Crippen molar-refractivity contribution >= 4 is 5.97 Å². The molecule has 0 bridgehead atoms. The molecule has 2 rings (SSSR count). The molecule has 2 aromatic rings. The molecule has 0 N–H and O–H groups in total. The van der Waals surface area contributed by atoms with Crippen LogP contribution in [0.2, 0.25) is 0 Å². The van der Waals surface area contributed by atoms with Gasteiger partial charge in [0.2, 0.25) is 0 Å². The van der Waals surface area contributed by atoms with Crippen LogP contribution in [0.3, 0.4) is 0 Å². The molecule has 0 amide bonds. The summed E-state index contributed by atoms with van der Waals surface area (Å²) in [6.45, 7) is 3.87. The molecule has 17 heavy (non-hydrogen) atoms. The molecule has 0 radical (unpaired) electrons. The molecule has 0 aliphatic heterocycles. The Labute approximate surface area is 98.3 Å². The van der Waals surface area contributed by atoms with E-state index in [1.54, 1.807) is 38.4 Å². The van der Waals surface area contributed by atoms with E-state index in [9.17, 15) is 4.79 Å². The van der Waals surface area contributed by atoms with E-state index in [4.69, 9.17) is 4.74 Å². The first-order valence-corrected chi connectivity index (χ1v) is 5.23. The maximum Gasteiger partial charge on any atom is 0.357 e. The second-order valence-corrected chi connectivity index (χ2v) is 3.35. The highest BCUT2D eigenvalue weighted by Crippen LogP contribution is 2.09. The van der Waals surface area contributed by atoms with Crippen LogP contribution in [0, 0.1) is 6.92 Å². The van der Waals surface area contributed by atoms with Crippen molar-refractivity contribution in [3.8, 4) is 5.95 Å². The van der Waals surface area contributed by atoms with Gasteiger partial charge in [-0.2, -0.15) is 9.78 Å². The number of carbonyl (C=O) groups is 1. The summed E-state index contributed by atoms with van der Waals surface area (Å²) in [6.07, 6.45) is 3.18. The van der Waals surface area contributed by atoms with Crippen LogP contribution in [-0.4, -0.2) is 32.3 Å². The monoisotopic (exact) mass is 232 g/mol. The molecule has 88 valence electrons. The lowest BCUT2D eigenvalue weighted by molar-refractivity contribution is 0.0515. The zero-order valence-corrected chi connectivity index (χ0v) is 9.62. The van der Waals surface area contributed by atoms with E-state index in [0.29, 0.717) is 23.9 Å².